The third-order valence-electron chi connectivity index (χ3n) is 2.28. The summed E-state index contributed by atoms with van der Waals surface area (Å²) in [5, 5.41) is 2.97. The molecule has 16 heavy (non-hydrogen) atoms. The zero-order chi connectivity index (χ0) is 12.0. The summed E-state index contributed by atoms with van der Waals surface area (Å²) < 4.78 is 6.43. The normalized spacial score (nSPS) is 12.2. The van der Waals surface area contributed by atoms with E-state index < -0.39 is 0 Å². The molecule has 0 bridgehead atoms. The van der Waals surface area contributed by atoms with Crippen LogP contribution in [0.3, 0.4) is 0 Å². The summed E-state index contributed by atoms with van der Waals surface area (Å²) >= 11 is 3.42. The van der Waals surface area contributed by atoms with Gasteiger partial charge in [0, 0.05) is 7.05 Å². The van der Waals surface area contributed by atoms with Crippen LogP contribution in [0.4, 0.5) is 5.82 Å². The molecule has 1 atom stereocenters. The Balaban J connectivity index is 2.60. The molecule has 0 saturated carbocycles. The van der Waals surface area contributed by atoms with Crippen molar-refractivity contribution in [1.29, 1.82) is 0 Å². The molecule has 0 radical (unpaired) electrons. The van der Waals surface area contributed by atoms with Crippen molar-refractivity contribution in [3.63, 3.8) is 0 Å². The van der Waals surface area contributed by atoms with Gasteiger partial charge in [0.05, 0.1) is 6.61 Å². The molecule has 5 heteroatoms. The van der Waals surface area contributed by atoms with Crippen LogP contribution >= 0.6 is 15.9 Å². The molecular formula is C11H18BrN3O. The maximum absolute atomic E-state index is 5.66. The van der Waals surface area contributed by atoms with E-state index in [4.69, 9.17) is 4.74 Å². The van der Waals surface area contributed by atoms with Gasteiger partial charge in [0.25, 0.3) is 0 Å². The summed E-state index contributed by atoms with van der Waals surface area (Å²) in [7, 11) is 1.82. The minimum Gasteiger partial charge on any atom is -0.476 e. The first kappa shape index (κ1) is 13.2. The van der Waals surface area contributed by atoms with Crippen LogP contribution in [0.5, 0.6) is 5.88 Å². The highest BCUT2D eigenvalue weighted by Crippen LogP contribution is 2.28. The first-order chi connectivity index (χ1) is 7.69. The molecule has 1 rings (SSSR count). The van der Waals surface area contributed by atoms with Crippen LogP contribution in [0.1, 0.15) is 26.7 Å². The summed E-state index contributed by atoms with van der Waals surface area (Å²) in [6.45, 7) is 5.04. The molecule has 1 unspecified atom stereocenters. The molecule has 90 valence electrons. The topological polar surface area (TPSA) is 47.0 Å². The van der Waals surface area contributed by atoms with Crippen molar-refractivity contribution in [3.05, 3.63) is 10.8 Å². The summed E-state index contributed by atoms with van der Waals surface area (Å²) in [5.41, 5.74) is 0. The number of anilines is 1. The number of rotatable bonds is 6. The zero-order valence-corrected chi connectivity index (χ0v) is 11.5. The van der Waals surface area contributed by atoms with Gasteiger partial charge in [-0.15, -0.1) is 0 Å². The average Bonchev–Trinajstić information content (AvgIpc) is 2.28. The van der Waals surface area contributed by atoms with Gasteiger partial charge in [0.15, 0.2) is 0 Å². The summed E-state index contributed by atoms with van der Waals surface area (Å²) in [6.07, 6.45) is 3.84. The molecule has 1 aromatic heterocycles. The number of halogens is 1. The summed E-state index contributed by atoms with van der Waals surface area (Å²) in [6, 6.07) is 0. The Hall–Kier alpha value is -0.840. The molecule has 0 amide bonds. The molecule has 1 heterocycles. The van der Waals surface area contributed by atoms with Gasteiger partial charge in [-0.05, 0) is 28.3 Å². The van der Waals surface area contributed by atoms with Crippen molar-refractivity contribution in [1.82, 2.24) is 9.97 Å². The lowest BCUT2D eigenvalue weighted by molar-refractivity contribution is 0.241. The van der Waals surface area contributed by atoms with Crippen molar-refractivity contribution in [2.24, 2.45) is 5.92 Å². The van der Waals surface area contributed by atoms with Crippen LogP contribution in [0, 0.1) is 5.92 Å². The van der Waals surface area contributed by atoms with Crippen LogP contribution < -0.4 is 10.1 Å². The molecule has 0 spiro atoms. The summed E-state index contributed by atoms with van der Waals surface area (Å²) in [4.78, 5) is 8.17. The van der Waals surface area contributed by atoms with Crippen molar-refractivity contribution in [3.8, 4) is 5.88 Å². The van der Waals surface area contributed by atoms with Gasteiger partial charge in [-0.1, -0.05) is 20.3 Å². The van der Waals surface area contributed by atoms with Gasteiger partial charge in [-0.25, -0.2) is 9.97 Å². The maximum atomic E-state index is 5.66. The van der Waals surface area contributed by atoms with Crippen molar-refractivity contribution >= 4 is 21.7 Å². The van der Waals surface area contributed by atoms with Gasteiger partial charge in [-0.3, -0.25) is 0 Å². The van der Waals surface area contributed by atoms with Crippen molar-refractivity contribution in [2.75, 3.05) is 19.0 Å². The Morgan fingerprint density at radius 1 is 1.50 bits per heavy atom. The van der Waals surface area contributed by atoms with E-state index in [0.29, 0.717) is 18.4 Å². The van der Waals surface area contributed by atoms with Crippen molar-refractivity contribution < 1.29 is 4.74 Å². The van der Waals surface area contributed by atoms with E-state index in [2.05, 4.69) is 45.1 Å². The van der Waals surface area contributed by atoms with Gasteiger partial charge >= 0.3 is 0 Å². The molecule has 0 aliphatic rings. The third kappa shape index (κ3) is 3.63. The average molecular weight is 288 g/mol. The van der Waals surface area contributed by atoms with Gasteiger partial charge in [0.1, 0.15) is 16.6 Å². The molecule has 0 saturated heterocycles. The van der Waals surface area contributed by atoms with E-state index in [0.717, 1.165) is 10.3 Å². The quantitative estimate of drug-likeness (QED) is 0.873. The number of nitrogens with zero attached hydrogens (tertiary/aromatic N) is 2. The highest BCUT2D eigenvalue weighted by Gasteiger charge is 2.10. The largest absolute Gasteiger partial charge is 0.476 e. The monoisotopic (exact) mass is 287 g/mol. The Morgan fingerprint density at radius 2 is 2.25 bits per heavy atom. The van der Waals surface area contributed by atoms with Crippen LogP contribution in [-0.2, 0) is 0 Å². The number of aromatic nitrogens is 2. The van der Waals surface area contributed by atoms with Crippen molar-refractivity contribution in [2.45, 2.75) is 26.7 Å². The fraction of sp³-hybridized carbons (Fsp3) is 0.636. The van der Waals surface area contributed by atoms with Crippen LogP contribution in [-0.4, -0.2) is 23.6 Å². The van der Waals surface area contributed by atoms with E-state index in [1.54, 1.807) is 0 Å². The number of hydrogen-bond acceptors (Lipinski definition) is 4. The minimum absolute atomic E-state index is 0.546. The van der Waals surface area contributed by atoms with E-state index in [1.807, 2.05) is 7.05 Å². The summed E-state index contributed by atoms with van der Waals surface area (Å²) in [5.74, 6) is 1.89. The van der Waals surface area contributed by atoms with Gasteiger partial charge in [0.2, 0.25) is 5.88 Å². The SMILES string of the molecule is CCCC(C)COc1ncnc(NC)c1Br. The van der Waals surface area contributed by atoms with Crippen LogP contribution in [0.2, 0.25) is 0 Å². The maximum Gasteiger partial charge on any atom is 0.233 e. The number of ether oxygens (including phenoxy) is 1. The number of hydrogen-bond donors (Lipinski definition) is 1. The standard InChI is InChI=1S/C11H18BrN3O/c1-4-5-8(2)6-16-11-9(12)10(13-3)14-7-15-11/h7-8H,4-6H2,1-3H3,(H,13,14,15). The van der Waals surface area contributed by atoms with Crippen LogP contribution in [0.25, 0.3) is 0 Å². The van der Waals surface area contributed by atoms with E-state index >= 15 is 0 Å². The minimum atomic E-state index is 0.546. The second kappa shape index (κ2) is 6.68. The first-order valence-corrected chi connectivity index (χ1v) is 6.29. The highest BCUT2D eigenvalue weighted by atomic mass is 79.9. The number of nitrogens with one attached hydrogen (secondary N) is 1. The molecular weight excluding hydrogens is 270 g/mol. The first-order valence-electron chi connectivity index (χ1n) is 5.50. The fourth-order valence-corrected chi connectivity index (χ4v) is 1.94. The predicted octanol–water partition coefficient (Wildman–Crippen LogP) is 3.10. The lowest BCUT2D eigenvalue weighted by Gasteiger charge is -2.13. The molecule has 0 aromatic carbocycles. The second-order valence-corrected chi connectivity index (χ2v) is 4.59. The lowest BCUT2D eigenvalue weighted by Crippen LogP contribution is -2.10. The zero-order valence-electron chi connectivity index (χ0n) is 9.96. The van der Waals surface area contributed by atoms with Gasteiger partial charge < -0.3 is 10.1 Å². The molecule has 0 fully saturated rings. The van der Waals surface area contributed by atoms with E-state index in [1.165, 1.54) is 19.2 Å². The Bertz CT molecular complexity index is 333. The molecule has 0 aliphatic heterocycles. The smallest absolute Gasteiger partial charge is 0.233 e. The van der Waals surface area contributed by atoms with Crippen LogP contribution in [0.15, 0.2) is 10.8 Å². The predicted molar refractivity (Wildman–Crippen MR) is 68.8 cm³/mol. The Kier molecular flexibility index (Phi) is 5.52. The lowest BCUT2D eigenvalue weighted by atomic mass is 10.1. The fourth-order valence-electron chi connectivity index (χ4n) is 1.43. The third-order valence-corrected chi connectivity index (χ3v) is 3.00. The molecule has 4 nitrogen and oxygen atoms in total. The van der Waals surface area contributed by atoms with E-state index in [-0.39, 0.29) is 0 Å². The van der Waals surface area contributed by atoms with Gasteiger partial charge in [-0.2, -0.15) is 0 Å². The Morgan fingerprint density at radius 3 is 2.88 bits per heavy atom. The molecule has 1 N–H and O–H groups in total. The Labute approximate surface area is 105 Å². The highest BCUT2D eigenvalue weighted by molar-refractivity contribution is 9.10. The molecule has 1 aromatic rings. The second-order valence-electron chi connectivity index (χ2n) is 3.80. The van der Waals surface area contributed by atoms with E-state index in [9.17, 15) is 0 Å². The molecule has 0 aliphatic carbocycles.